The molecule has 2 aromatic rings. The fraction of sp³-hybridized carbons (Fsp3) is 0.300. The Balaban J connectivity index is 2.39. The Hall–Kier alpha value is -2.26. The monoisotopic (exact) mass is 481 g/mol. The van der Waals surface area contributed by atoms with E-state index in [1.54, 1.807) is 13.0 Å². The van der Waals surface area contributed by atoms with Crippen LogP contribution in [0.1, 0.15) is 24.5 Å². The maximum absolute atomic E-state index is 13.9. The molecule has 0 atom stereocenters. The Morgan fingerprint density at radius 1 is 0.871 bits per heavy atom. The molecular formula is C20H15Cl2F6N3. The minimum Gasteiger partial charge on any atom is -0.310 e. The second-order valence-electron chi connectivity index (χ2n) is 6.68. The van der Waals surface area contributed by atoms with E-state index in [4.69, 9.17) is 23.2 Å². The summed E-state index contributed by atoms with van der Waals surface area (Å²) in [5.41, 5.74) is -4.74. The average molecular weight is 482 g/mol. The van der Waals surface area contributed by atoms with Crippen molar-refractivity contribution in [3.05, 3.63) is 69.7 Å². The Kier molecular flexibility index (Phi) is 6.30. The second-order valence-corrected chi connectivity index (χ2v) is 7.52. The van der Waals surface area contributed by atoms with Crippen molar-refractivity contribution in [3.8, 4) is 0 Å². The average Bonchev–Trinajstić information content (AvgIpc) is 2.67. The van der Waals surface area contributed by atoms with Crippen LogP contribution in [0.5, 0.6) is 0 Å². The van der Waals surface area contributed by atoms with Crippen molar-refractivity contribution in [3.63, 3.8) is 0 Å². The Morgan fingerprint density at radius 3 is 1.97 bits per heavy atom. The van der Waals surface area contributed by atoms with E-state index in [9.17, 15) is 26.3 Å². The van der Waals surface area contributed by atoms with Gasteiger partial charge in [-0.15, -0.1) is 0 Å². The van der Waals surface area contributed by atoms with Gasteiger partial charge in [-0.05, 0) is 24.6 Å². The fourth-order valence-corrected chi connectivity index (χ4v) is 3.58. The van der Waals surface area contributed by atoms with Gasteiger partial charge in [0.05, 0.1) is 5.02 Å². The molecule has 0 N–H and O–H groups in total. The molecule has 1 aliphatic rings. The molecule has 0 spiro atoms. The van der Waals surface area contributed by atoms with Crippen molar-refractivity contribution in [2.24, 2.45) is 9.98 Å². The third kappa shape index (κ3) is 4.25. The normalized spacial score (nSPS) is 16.7. The largest absolute Gasteiger partial charge is 0.443 e. The van der Waals surface area contributed by atoms with Gasteiger partial charge in [0.1, 0.15) is 11.7 Å². The lowest BCUT2D eigenvalue weighted by atomic mass is 10.0. The van der Waals surface area contributed by atoms with Gasteiger partial charge >= 0.3 is 18.0 Å². The van der Waals surface area contributed by atoms with Crippen LogP contribution < -0.4 is 0 Å². The number of amidine groups is 2. The zero-order valence-electron chi connectivity index (χ0n) is 15.9. The van der Waals surface area contributed by atoms with Gasteiger partial charge in [-0.1, -0.05) is 60.5 Å². The maximum Gasteiger partial charge on any atom is 0.443 e. The van der Waals surface area contributed by atoms with Gasteiger partial charge in [-0.25, -0.2) is 9.98 Å². The summed E-state index contributed by atoms with van der Waals surface area (Å²) in [4.78, 5) is 7.56. The molecule has 0 fully saturated rings. The molecule has 0 radical (unpaired) electrons. The van der Waals surface area contributed by atoms with Gasteiger partial charge in [0.2, 0.25) is 0 Å². The minimum atomic E-state index is -5.85. The van der Waals surface area contributed by atoms with E-state index in [0.29, 0.717) is 6.42 Å². The summed E-state index contributed by atoms with van der Waals surface area (Å²) in [7, 11) is 0. The number of rotatable bonds is 4. The first-order chi connectivity index (χ1) is 14.4. The van der Waals surface area contributed by atoms with Crippen LogP contribution in [0, 0.1) is 0 Å². The highest BCUT2D eigenvalue weighted by Gasteiger charge is 2.74. The van der Waals surface area contributed by atoms with Crippen molar-refractivity contribution >= 4 is 34.9 Å². The number of hydrogen-bond acceptors (Lipinski definition) is 3. The number of hydrogen-bond donors (Lipinski definition) is 0. The summed E-state index contributed by atoms with van der Waals surface area (Å²) in [6, 6.07) is 11.1. The molecular weight excluding hydrogens is 467 g/mol. The Bertz CT molecular complexity index is 1000. The first-order valence-electron chi connectivity index (χ1n) is 9.03. The zero-order valence-corrected chi connectivity index (χ0v) is 17.4. The highest BCUT2D eigenvalue weighted by Crippen LogP contribution is 2.49. The van der Waals surface area contributed by atoms with Gasteiger partial charge in [-0.2, -0.15) is 26.3 Å². The lowest BCUT2D eigenvalue weighted by Gasteiger charge is -2.39. The van der Waals surface area contributed by atoms with Crippen molar-refractivity contribution in [2.75, 3.05) is 6.54 Å². The first kappa shape index (κ1) is 23.4. The van der Waals surface area contributed by atoms with E-state index in [-0.39, 0.29) is 27.7 Å². The highest BCUT2D eigenvalue weighted by atomic mass is 35.5. The summed E-state index contributed by atoms with van der Waals surface area (Å²) in [5.74, 6) is -1.10. The van der Waals surface area contributed by atoms with Crippen molar-refractivity contribution in [1.29, 1.82) is 0 Å². The van der Waals surface area contributed by atoms with Crippen molar-refractivity contribution < 1.29 is 26.3 Å². The number of alkyl halides is 6. The molecule has 3 nitrogen and oxygen atoms in total. The topological polar surface area (TPSA) is 28.0 Å². The van der Waals surface area contributed by atoms with Crippen LogP contribution in [-0.4, -0.2) is 41.1 Å². The summed E-state index contributed by atoms with van der Waals surface area (Å²) in [6.07, 6.45) is -11.3. The van der Waals surface area contributed by atoms with Crippen LogP contribution >= 0.6 is 23.2 Å². The smallest absolute Gasteiger partial charge is 0.310 e. The van der Waals surface area contributed by atoms with E-state index in [1.165, 1.54) is 47.4 Å². The van der Waals surface area contributed by atoms with Crippen LogP contribution in [0.25, 0.3) is 0 Å². The predicted octanol–water partition coefficient (Wildman–Crippen LogP) is 6.73. The lowest BCUT2D eigenvalue weighted by Crippen LogP contribution is -2.59. The molecule has 166 valence electrons. The molecule has 0 saturated carbocycles. The molecule has 0 saturated heterocycles. The van der Waals surface area contributed by atoms with Gasteiger partial charge in [0, 0.05) is 22.7 Å². The minimum absolute atomic E-state index is 0.0529. The molecule has 1 heterocycles. The third-order valence-electron chi connectivity index (χ3n) is 4.49. The van der Waals surface area contributed by atoms with E-state index in [2.05, 4.69) is 9.98 Å². The molecule has 0 amide bonds. The first-order valence-corrected chi connectivity index (χ1v) is 9.78. The quantitative estimate of drug-likeness (QED) is 0.444. The fourth-order valence-electron chi connectivity index (χ4n) is 3.09. The van der Waals surface area contributed by atoms with E-state index >= 15 is 0 Å². The Labute approximate surface area is 184 Å². The van der Waals surface area contributed by atoms with Crippen LogP contribution in [0.3, 0.4) is 0 Å². The number of aliphatic imine (C=N–C) groups is 2. The highest BCUT2D eigenvalue weighted by molar-refractivity contribution is 6.37. The second kappa shape index (κ2) is 8.35. The molecule has 0 bridgehead atoms. The lowest BCUT2D eigenvalue weighted by molar-refractivity contribution is -0.292. The van der Waals surface area contributed by atoms with Crippen LogP contribution in [-0.2, 0) is 0 Å². The molecule has 0 aliphatic carbocycles. The van der Waals surface area contributed by atoms with Crippen LogP contribution in [0.2, 0.25) is 10.0 Å². The summed E-state index contributed by atoms with van der Waals surface area (Å²) in [6.45, 7) is 1.77. The summed E-state index contributed by atoms with van der Waals surface area (Å²) in [5, 5.41) is 0.0296. The van der Waals surface area contributed by atoms with Crippen molar-refractivity contribution in [2.45, 2.75) is 31.4 Å². The summed E-state index contributed by atoms with van der Waals surface area (Å²) < 4.78 is 83.6. The van der Waals surface area contributed by atoms with Gasteiger partial charge in [-0.3, -0.25) is 0 Å². The molecule has 11 heteroatoms. The molecule has 3 rings (SSSR count). The number of nitrogens with zero attached hydrogens (tertiary/aromatic N) is 3. The van der Waals surface area contributed by atoms with Crippen LogP contribution in [0.4, 0.5) is 26.3 Å². The molecule has 1 aliphatic heterocycles. The van der Waals surface area contributed by atoms with Crippen LogP contribution in [0.15, 0.2) is 58.5 Å². The maximum atomic E-state index is 13.9. The SMILES string of the molecule is CCCN1C(c2ccccc2)=NC(C(F)(F)F)(C(F)(F)F)N=C1c1ccc(Cl)cc1Cl. The predicted molar refractivity (Wildman–Crippen MR) is 108 cm³/mol. The standard InChI is InChI=1S/C20H15Cl2F6N3/c1-2-10-31-16(12-6-4-3-5-7-12)29-18(19(23,24)25,20(26,27)28)30-17(31)14-9-8-13(21)11-15(14)22/h3-9,11H,2,10H2,1H3. The van der Waals surface area contributed by atoms with E-state index in [1.807, 2.05) is 0 Å². The number of benzene rings is 2. The van der Waals surface area contributed by atoms with E-state index < -0.39 is 29.7 Å². The Morgan fingerprint density at radius 2 is 1.45 bits per heavy atom. The van der Waals surface area contributed by atoms with Gasteiger partial charge in [0.25, 0.3) is 0 Å². The van der Waals surface area contributed by atoms with E-state index in [0.717, 1.165) is 0 Å². The molecule has 0 unspecified atom stereocenters. The molecule has 2 aromatic carbocycles. The van der Waals surface area contributed by atoms with Crippen molar-refractivity contribution in [1.82, 2.24) is 4.90 Å². The number of halogens is 8. The molecule has 0 aromatic heterocycles. The van der Waals surface area contributed by atoms with Gasteiger partial charge < -0.3 is 4.90 Å². The third-order valence-corrected chi connectivity index (χ3v) is 5.04. The summed E-state index contributed by atoms with van der Waals surface area (Å²) >= 11 is 12.0. The molecule has 31 heavy (non-hydrogen) atoms. The zero-order chi connectivity index (χ0) is 23.0. The van der Waals surface area contributed by atoms with Gasteiger partial charge in [0.15, 0.2) is 0 Å².